The summed E-state index contributed by atoms with van der Waals surface area (Å²) in [6.45, 7) is 1.60. The Morgan fingerprint density at radius 1 is 0.944 bits per heavy atom. The minimum absolute atomic E-state index is 0.0662. The van der Waals surface area contributed by atoms with Crippen molar-refractivity contribution < 1.29 is 0 Å². The highest BCUT2D eigenvalue weighted by Crippen LogP contribution is 2.50. The van der Waals surface area contributed by atoms with Crippen molar-refractivity contribution in [3.05, 3.63) is 126 Å². The van der Waals surface area contributed by atoms with Gasteiger partial charge < -0.3 is 4.90 Å². The van der Waals surface area contributed by atoms with E-state index in [0.717, 1.165) is 66.4 Å². The SMILES string of the molecule is CN1CC2=C(N=C3SC=C(c4ccc(Br)cc4)N3[C@H]2c2ccccc2Cl)/C(=C/c2ccccc2Cl)C1. The molecular formula is C29H22BrCl2N3S. The van der Waals surface area contributed by atoms with Crippen LogP contribution in [0.3, 0.4) is 0 Å². The lowest BCUT2D eigenvalue weighted by atomic mass is 9.88. The van der Waals surface area contributed by atoms with Gasteiger partial charge in [0, 0.05) is 33.0 Å². The summed E-state index contributed by atoms with van der Waals surface area (Å²) in [5.41, 5.74) is 7.80. The van der Waals surface area contributed by atoms with Gasteiger partial charge >= 0.3 is 0 Å². The zero-order valence-corrected chi connectivity index (χ0v) is 23.4. The van der Waals surface area contributed by atoms with E-state index in [1.807, 2.05) is 30.3 Å². The Morgan fingerprint density at radius 2 is 1.67 bits per heavy atom. The van der Waals surface area contributed by atoms with Crippen LogP contribution in [-0.4, -0.2) is 35.1 Å². The molecule has 0 radical (unpaired) electrons. The third-order valence-corrected chi connectivity index (χ3v) is 8.66. The first kappa shape index (κ1) is 24.1. The molecular weight excluding hydrogens is 573 g/mol. The average molecular weight is 595 g/mol. The maximum Gasteiger partial charge on any atom is 0.174 e. The number of halogens is 3. The predicted molar refractivity (Wildman–Crippen MR) is 157 cm³/mol. The molecule has 0 aromatic heterocycles. The van der Waals surface area contributed by atoms with E-state index in [-0.39, 0.29) is 6.04 Å². The number of benzene rings is 3. The summed E-state index contributed by atoms with van der Waals surface area (Å²) in [4.78, 5) is 9.93. The van der Waals surface area contributed by atoms with Crippen LogP contribution >= 0.6 is 50.9 Å². The second kappa shape index (κ2) is 9.88. The molecule has 0 N–H and O–H groups in total. The molecule has 3 aliphatic rings. The van der Waals surface area contributed by atoms with E-state index >= 15 is 0 Å². The van der Waals surface area contributed by atoms with Gasteiger partial charge in [-0.1, -0.05) is 99.4 Å². The van der Waals surface area contributed by atoms with Crippen LogP contribution in [0.5, 0.6) is 0 Å². The molecule has 36 heavy (non-hydrogen) atoms. The van der Waals surface area contributed by atoms with E-state index in [1.54, 1.807) is 11.8 Å². The highest BCUT2D eigenvalue weighted by molar-refractivity contribution is 9.10. The normalized spacial score (nSPS) is 20.8. The van der Waals surface area contributed by atoms with E-state index in [1.165, 1.54) is 5.57 Å². The number of hydrogen-bond acceptors (Lipinski definition) is 4. The van der Waals surface area contributed by atoms with Gasteiger partial charge in [0.05, 0.1) is 17.4 Å². The third-order valence-electron chi connectivity index (χ3n) is 6.60. The van der Waals surface area contributed by atoms with Crippen molar-refractivity contribution in [3.63, 3.8) is 0 Å². The molecule has 6 rings (SSSR count). The fourth-order valence-electron chi connectivity index (χ4n) is 5.00. The fraction of sp³-hybridized carbons (Fsp3) is 0.138. The van der Waals surface area contributed by atoms with Gasteiger partial charge in [-0.3, -0.25) is 4.90 Å². The van der Waals surface area contributed by atoms with Gasteiger partial charge in [0.25, 0.3) is 0 Å². The average Bonchev–Trinajstić information content (AvgIpc) is 3.29. The molecule has 3 nitrogen and oxygen atoms in total. The van der Waals surface area contributed by atoms with Crippen LogP contribution in [0.2, 0.25) is 10.0 Å². The second-order valence-corrected chi connectivity index (χ2v) is 11.6. The van der Waals surface area contributed by atoms with Crippen LogP contribution in [0.25, 0.3) is 11.8 Å². The number of nitrogens with zero attached hydrogens (tertiary/aromatic N) is 3. The molecule has 0 fully saturated rings. The number of thioether (sulfide) groups is 1. The summed E-state index contributed by atoms with van der Waals surface area (Å²) in [5, 5.41) is 4.66. The van der Waals surface area contributed by atoms with Crippen LogP contribution in [-0.2, 0) is 0 Å². The standard InChI is InChI=1S/C29H22BrCl2N3S/c1-34-15-20(14-19-6-2-4-8-24(19)31)27-23(16-34)28(22-7-3-5-9-25(22)32)35-26(17-36-29(35)33-27)18-10-12-21(30)13-11-18/h2-14,17,28H,15-16H2,1H3/b20-14+/t28-/m0/s1. The molecule has 1 atom stereocenters. The van der Waals surface area contributed by atoms with Crippen molar-refractivity contribution in [2.75, 3.05) is 20.1 Å². The van der Waals surface area contributed by atoms with E-state index in [9.17, 15) is 0 Å². The predicted octanol–water partition coefficient (Wildman–Crippen LogP) is 8.50. The van der Waals surface area contributed by atoms with E-state index in [2.05, 4.69) is 86.7 Å². The van der Waals surface area contributed by atoms with Gasteiger partial charge in [0.1, 0.15) is 0 Å². The first-order valence-electron chi connectivity index (χ1n) is 11.6. The van der Waals surface area contributed by atoms with Crippen molar-refractivity contribution in [2.45, 2.75) is 6.04 Å². The maximum atomic E-state index is 6.85. The number of amidine groups is 1. The highest BCUT2D eigenvalue weighted by atomic mass is 79.9. The van der Waals surface area contributed by atoms with Crippen molar-refractivity contribution in [2.24, 2.45) is 4.99 Å². The molecule has 0 aliphatic carbocycles. The Morgan fingerprint density at radius 3 is 2.42 bits per heavy atom. The number of likely N-dealkylation sites (N-methyl/N-ethyl adjacent to an activating group) is 1. The Labute approximate surface area is 233 Å². The molecule has 0 saturated heterocycles. The molecule has 3 aromatic carbocycles. The van der Waals surface area contributed by atoms with Gasteiger partial charge in [-0.15, -0.1) is 0 Å². The van der Waals surface area contributed by atoms with Crippen LogP contribution in [0, 0.1) is 0 Å². The lowest BCUT2D eigenvalue weighted by molar-refractivity contribution is 0.344. The summed E-state index contributed by atoms with van der Waals surface area (Å²) >= 11 is 18.6. The molecule has 3 aromatic rings. The van der Waals surface area contributed by atoms with Gasteiger partial charge in [-0.2, -0.15) is 0 Å². The smallest absolute Gasteiger partial charge is 0.174 e. The largest absolute Gasteiger partial charge is 0.308 e. The quantitative estimate of drug-likeness (QED) is 0.303. The lowest BCUT2D eigenvalue weighted by Gasteiger charge is -2.42. The summed E-state index contributed by atoms with van der Waals surface area (Å²) in [5.74, 6) is 0. The molecule has 7 heteroatoms. The van der Waals surface area contributed by atoms with Crippen molar-refractivity contribution in [1.29, 1.82) is 0 Å². The molecule has 0 spiro atoms. The topological polar surface area (TPSA) is 18.8 Å². The van der Waals surface area contributed by atoms with Crippen LogP contribution in [0.15, 0.2) is 105 Å². The summed E-state index contributed by atoms with van der Waals surface area (Å²) in [6.07, 6.45) is 2.18. The molecule has 3 heterocycles. The number of hydrogen-bond donors (Lipinski definition) is 0. The van der Waals surface area contributed by atoms with Crippen LogP contribution in [0.1, 0.15) is 22.7 Å². The second-order valence-electron chi connectivity index (χ2n) is 9.05. The van der Waals surface area contributed by atoms with Crippen molar-refractivity contribution in [3.8, 4) is 0 Å². The van der Waals surface area contributed by atoms with E-state index in [4.69, 9.17) is 28.2 Å². The zero-order valence-electron chi connectivity index (χ0n) is 19.5. The molecule has 0 saturated carbocycles. The zero-order chi connectivity index (χ0) is 24.8. The first-order valence-corrected chi connectivity index (χ1v) is 14.0. The number of fused-ring (bicyclic) bond motifs is 1. The number of rotatable bonds is 3. The lowest BCUT2D eigenvalue weighted by Crippen LogP contribution is -2.40. The van der Waals surface area contributed by atoms with Crippen molar-refractivity contribution in [1.82, 2.24) is 9.80 Å². The Hall–Kier alpha value is -2.28. The minimum Gasteiger partial charge on any atom is -0.308 e. The first-order chi connectivity index (χ1) is 17.5. The summed E-state index contributed by atoms with van der Waals surface area (Å²) in [7, 11) is 2.15. The third kappa shape index (κ3) is 4.37. The number of aliphatic imine (C=N–C) groups is 1. The molecule has 0 amide bonds. The van der Waals surface area contributed by atoms with Crippen LogP contribution in [0.4, 0.5) is 0 Å². The van der Waals surface area contributed by atoms with Gasteiger partial charge in [0.15, 0.2) is 5.17 Å². The van der Waals surface area contributed by atoms with E-state index in [0.29, 0.717) is 0 Å². The Balaban J connectivity index is 1.54. The van der Waals surface area contributed by atoms with Crippen molar-refractivity contribution >= 4 is 67.8 Å². The van der Waals surface area contributed by atoms with E-state index < -0.39 is 0 Å². The van der Waals surface area contributed by atoms with Gasteiger partial charge in [-0.25, -0.2) is 4.99 Å². The fourth-order valence-corrected chi connectivity index (χ4v) is 6.63. The summed E-state index contributed by atoms with van der Waals surface area (Å²) in [6, 6.07) is 24.5. The Kier molecular flexibility index (Phi) is 6.61. The molecule has 0 unspecified atom stereocenters. The monoisotopic (exact) mass is 593 g/mol. The van der Waals surface area contributed by atoms with Crippen LogP contribution < -0.4 is 0 Å². The maximum absolute atomic E-state index is 6.85. The van der Waals surface area contributed by atoms with Gasteiger partial charge in [0.2, 0.25) is 0 Å². The highest BCUT2D eigenvalue weighted by Gasteiger charge is 2.41. The Bertz CT molecular complexity index is 1480. The molecule has 3 aliphatic heterocycles. The molecule has 0 bridgehead atoms. The molecule has 180 valence electrons. The van der Waals surface area contributed by atoms with Gasteiger partial charge in [-0.05, 0) is 65.2 Å². The minimum atomic E-state index is -0.0662. The summed E-state index contributed by atoms with van der Waals surface area (Å²) < 4.78 is 1.06.